The van der Waals surface area contributed by atoms with E-state index < -0.39 is 9.70 Å². The van der Waals surface area contributed by atoms with Crippen molar-refractivity contribution in [3.05, 3.63) is 0 Å². The maximum atomic E-state index is 10.0. The number of nitrogens with two attached hydrogens (primary N) is 1. The van der Waals surface area contributed by atoms with Crippen molar-refractivity contribution in [2.75, 3.05) is 0 Å². The Morgan fingerprint density at radius 1 is 1.75 bits per heavy atom. The van der Waals surface area contributed by atoms with E-state index in [4.69, 9.17) is 5.73 Å². The number of primary amides is 1. The monoisotopic (exact) mass is 229 g/mol. The summed E-state index contributed by atoms with van der Waals surface area (Å²) in [4.78, 5) is 10.0. The molecule has 0 saturated carbocycles. The van der Waals surface area contributed by atoms with Gasteiger partial charge in [0.2, 0.25) is 0 Å². The number of hydrogen-bond acceptors (Lipinski definition) is 2. The highest BCUT2D eigenvalue weighted by Crippen LogP contribution is 2.17. The SMILES string of the molecule is CC(C)(I)OC(N)=O. The van der Waals surface area contributed by atoms with Crippen molar-refractivity contribution in [2.24, 2.45) is 5.73 Å². The van der Waals surface area contributed by atoms with Gasteiger partial charge in [0.15, 0.2) is 3.61 Å². The molecule has 0 atom stereocenters. The minimum Gasteiger partial charge on any atom is -0.433 e. The van der Waals surface area contributed by atoms with E-state index in [0.29, 0.717) is 0 Å². The molecule has 0 aromatic heterocycles. The molecule has 3 nitrogen and oxygen atoms in total. The first kappa shape index (κ1) is 8.00. The van der Waals surface area contributed by atoms with E-state index in [1.54, 1.807) is 13.8 Å². The smallest absolute Gasteiger partial charge is 0.405 e. The highest BCUT2D eigenvalue weighted by Gasteiger charge is 2.14. The number of halogens is 1. The summed E-state index contributed by atoms with van der Waals surface area (Å²) in [6.45, 7) is 3.50. The quantitative estimate of drug-likeness (QED) is 0.543. The normalized spacial score (nSPS) is 10.9. The van der Waals surface area contributed by atoms with Gasteiger partial charge in [-0.05, 0) is 36.4 Å². The average molecular weight is 229 g/mol. The van der Waals surface area contributed by atoms with Crippen LogP contribution in [0.2, 0.25) is 0 Å². The Morgan fingerprint density at radius 3 is 2.12 bits per heavy atom. The minimum atomic E-state index is -0.732. The fraction of sp³-hybridized carbons (Fsp3) is 0.750. The van der Waals surface area contributed by atoms with Gasteiger partial charge in [-0.15, -0.1) is 0 Å². The van der Waals surface area contributed by atoms with E-state index in [2.05, 4.69) is 4.74 Å². The summed E-state index contributed by atoms with van der Waals surface area (Å²) >= 11 is 1.97. The Bertz CT molecular complexity index is 96.7. The van der Waals surface area contributed by atoms with Gasteiger partial charge in [-0.1, -0.05) is 0 Å². The van der Waals surface area contributed by atoms with Crippen LogP contribution in [0.1, 0.15) is 13.8 Å². The first-order chi connectivity index (χ1) is 3.42. The molecular formula is C4H8INO2. The van der Waals surface area contributed by atoms with Gasteiger partial charge in [-0.25, -0.2) is 4.79 Å². The van der Waals surface area contributed by atoms with Gasteiger partial charge in [-0.3, -0.25) is 0 Å². The molecule has 0 bridgehead atoms. The maximum Gasteiger partial charge on any atom is 0.405 e. The lowest BCUT2D eigenvalue weighted by atomic mass is 10.5. The Hall–Kier alpha value is 0. The standard InChI is InChI=1S/C4H8INO2/c1-4(2,5)8-3(6)7/h1-2H3,(H2,6,7). The fourth-order valence-corrected chi connectivity index (χ4v) is 0.456. The number of rotatable bonds is 1. The first-order valence-corrected chi connectivity index (χ1v) is 3.17. The topological polar surface area (TPSA) is 52.3 Å². The fourth-order valence-electron chi connectivity index (χ4n) is 0.239. The van der Waals surface area contributed by atoms with E-state index in [0.717, 1.165) is 0 Å². The van der Waals surface area contributed by atoms with Crippen LogP contribution in [0, 0.1) is 0 Å². The summed E-state index contributed by atoms with van der Waals surface area (Å²) in [5, 5.41) is 0. The van der Waals surface area contributed by atoms with Gasteiger partial charge < -0.3 is 10.5 Å². The molecule has 0 fully saturated rings. The van der Waals surface area contributed by atoms with Crippen LogP contribution >= 0.6 is 22.6 Å². The Kier molecular flexibility index (Phi) is 2.52. The van der Waals surface area contributed by atoms with Crippen molar-refractivity contribution in [3.8, 4) is 0 Å². The lowest BCUT2D eigenvalue weighted by Crippen LogP contribution is -2.24. The van der Waals surface area contributed by atoms with E-state index in [9.17, 15) is 4.79 Å². The zero-order chi connectivity index (χ0) is 6.78. The van der Waals surface area contributed by atoms with Crippen LogP contribution in [0.15, 0.2) is 0 Å². The maximum absolute atomic E-state index is 10.0. The van der Waals surface area contributed by atoms with E-state index in [1.165, 1.54) is 0 Å². The molecule has 0 aliphatic carbocycles. The van der Waals surface area contributed by atoms with E-state index >= 15 is 0 Å². The van der Waals surface area contributed by atoms with Gasteiger partial charge >= 0.3 is 6.09 Å². The highest BCUT2D eigenvalue weighted by atomic mass is 127. The molecule has 0 aliphatic rings. The third-order valence-electron chi connectivity index (χ3n) is 0.343. The zero-order valence-electron chi connectivity index (χ0n) is 4.77. The summed E-state index contributed by atoms with van der Waals surface area (Å²) in [5.41, 5.74) is 4.71. The van der Waals surface area contributed by atoms with Gasteiger partial charge in [0, 0.05) is 0 Å². The van der Waals surface area contributed by atoms with Crippen molar-refractivity contribution >= 4 is 28.7 Å². The molecule has 0 heterocycles. The molecule has 0 aromatic carbocycles. The second-order valence-corrected chi connectivity index (χ2v) is 4.38. The summed E-state index contributed by atoms with van der Waals surface area (Å²) < 4.78 is 4.08. The largest absolute Gasteiger partial charge is 0.433 e. The predicted molar refractivity (Wildman–Crippen MR) is 38.8 cm³/mol. The van der Waals surface area contributed by atoms with Crippen LogP contribution in [0.3, 0.4) is 0 Å². The molecule has 0 rings (SSSR count). The van der Waals surface area contributed by atoms with E-state index in [-0.39, 0.29) is 0 Å². The Morgan fingerprint density at radius 2 is 2.12 bits per heavy atom. The second kappa shape index (κ2) is 2.52. The molecule has 1 amide bonds. The summed E-state index contributed by atoms with van der Waals surface area (Å²) in [6, 6.07) is 0. The molecule has 48 valence electrons. The summed E-state index contributed by atoms with van der Waals surface area (Å²) in [7, 11) is 0. The first-order valence-electron chi connectivity index (χ1n) is 2.09. The van der Waals surface area contributed by atoms with Crippen molar-refractivity contribution in [3.63, 3.8) is 0 Å². The molecule has 0 unspecified atom stereocenters. The molecule has 0 aromatic rings. The third-order valence-corrected chi connectivity index (χ3v) is 0.563. The van der Waals surface area contributed by atoms with Gasteiger partial charge in [0.25, 0.3) is 0 Å². The minimum absolute atomic E-state index is 0.483. The van der Waals surface area contributed by atoms with Crippen molar-refractivity contribution in [1.29, 1.82) is 0 Å². The Balaban J connectivity index is 3.55. The number of carbonyl (C=O) groups excluding carboxylic acids is 1. The van der Waals surface area contributed by atoms with Gasteiger partial charge in [0.05, 0.1) is 0 Å². The molecule has 0 aliphatic heterocycles. The lowest BCUT2D eigenvalue weighted by molar-refractivity contribution is 0.116. The van der Waals surface area contributed by atoms with Crippen LogP contribution < -0.4 is 5.73 Å². The second-order valence-electron chi connectivity index (χ2n) is 1.78. The van der Waals surface area contributed by atoms with Crippen molar-refractivity contribution in [1.82, 2.24) is 0 Å². The van der Waals surface area contributed by atoms with Gasteiger partial charge in [0.1, 0.15) is 0 Å². The number of carbonyl (C=O) groups is 1. The highest BCUT2D eigenvalue weighted by molar-refractivity contribution is 14.1. The number of amides is 1. The number of alkyl halides is 1. The number of ether oxygens (including phenoxy) is 1. The summed E-state index contributed by atoms with van der Waals surface area (Å²) in [6.07, 6.45) is -0.732. The molecule has 8 heavy (non-hydrogen) atoms. The molecule has 2 N–H and O–H groups in total. The van der Waals surface area contributed by atoms with Crippen LogP contribution in [0.25, 0.3) is 0 Å². The number of hydrogen-bond donors (Lipinski definition) is 1. The molecule has 0 radical (unpaired) electrons. The van der Waals surface area contributed by atoms with Crippen LogP contribution in [0.4, 0.5) is 4.79 Å². The van der Waals surface area contributed by atoms with E-state index in [1.807, 2.05) is 22.6 Å². The molecular weight excluding hydrogens is 221 g/mol. The van der Waals surface area contributed by atoms with Crippen molar-refractivity contribution < 1.29 is 9.53 Å². The predicted octanol–water partition coefficient (Wildman–Crippen LogP) is 1.25. The van der Waals surface area contributed by atoms with Crippen LogP contribution in [0.5, 0.6) is 0 Å². The van der Waals surface area contributed by atoms with Crippen molar-refractivity contribution in [2.45, 2.75) is 17.5 Å². The van der Waals surface area contributed by atoms with Gasteiger partial charge in [-0.2, -0.15) is 0 Å². The molecule has 0 saturated heterocycles. The molecule has 4 heteroatoms. The third kappa shape index (κ3) is 6.00. The summed E-state index contributed by atoms with van der Waals surface area (Å²) in [5.74, 6) is 0. The van der Waals surface area contributed by atoms with Crippen LogP contribution in [-0.2, 0) is 4.74 Å². The zero-order valence-corrected chi connectivity index (χ0v) is 6.93. The molecule has 0 spiro atoms. The lowest BCUT2D eigenvalue weighted by Gasteiger charge is -2.14. The Labute approximate surface area is 61.7 Å². The van der Waals surface area contributed by atoms with Crippen LogP contribution in [-0.4, -0.2) is 9.70 Å². The average Bonchev–Trinajstić information content (AvgIpc) is 1.21.